The number of hydrogen-bond donors (Lipinski definition) is 1. The maximum absolute atomic E-state index is 13.0. The number of likely N-dealkylation sites (tertiary alicyclic amines) is 2. The van der Waals surface area contributed by atoms with Crippen molar-refractivity contribution < 1.29 is 27.3 Å². The van der Waals surface area contributed by atoms with Crippen LogP contribution in [0.1, 0.15) is 43.3 Å². The number of carbonyl (C=O) groups is 2. The molecule has 1 aromatic rings. The molecule has 3 saturated carbocycles. The Kier molecular flexibility index (Phi) is 3.41. The van der Waals surface area contributed by atoms with Gasteiger partial charge in [-0.1, -0.05) is 5.16 Å². The summed E-state index contributed by atoms with van der Waals surface area (Å²) in [5, 5.41) is 3.94. The van der Waals surface area contributed by atoms with Crippen molar-refractivity contribution in [3.63, 3.8) is 0 Å². The van der Waals surface area contributed by atoms with E-state index in [-0.39, 0.29) is 37.1 Å². The van der Waals surface area contributed by atoms with Crippen molar-refractivity contribution in [1.82, 2.24) is 19.9 Å². The van der Waals surface area contributed by atoms with Gasteiger partial charge in [0.05, 0.1) is 22.7 Å². The highest BCUT2D eigenvalue weighted by atomic mass is 19.4. The largest absolute Gasteiger partial charge is 0.394 e. The van der Waals surface area contributed by atoms with Gasteiger partial charge in [-0.05, 0) is 25.7 Å². The summed E-state index contributed by atoms with van der Waals surface area (Å²) in [6.07, 6.45) is -3.52. The number of nitrogens with zero attached hydrogens (tertiary/aromatic N) is 4. The van der Waals surface area contributed by atoms with E-state index in [1.54, 1.807) is 9.80 Å². The molecule has 11 heteroatoms. The van der Waals surface area contributed by atoms with Crippen LogP contribution in [-0.4, -0.2) is 64.2 Å². The predicted molar refractivity (Wildman–Crippen MR) is 86.9 cm³/mol. The third-order valence-electron chi connectivity index (χ3n) is 6.91. The summed E-state index contributed by atoms with van der Waals surface area (Å²) in [6, 6.07) is -0.143. The third kappa shape index (κ3) is 2.30. The fourth-order valence-electron chi connectivity index (χ4n) is 5.10. The van der Waals surface area contributed by atoms with Gasteiger partial charge in [-0.3, -0.25) is 4.79 Å². The number of halogens is 3. The minimum Gasteiger partial charge on any atom is -0.369 e. The van der Waals surface area contributed by atoms with Crippen LogP contribution in [0.15, 0.2) is 4.52 Å². The molecule has 2 saturated heterocycles. The molecule has 3 aliphatic carbocycles. The number of rotatable bonds is 3. The van der Waals surface area contributed by atoms with Crippen LogP contribution in [0.3, 0.4) is 0 Å². The lowest BCUT2D eigenvalue weighted by Gasteiger charge is -2.68. The molecule has 2 N–H and O–H groups in total. The topological polar surface area (TPSA) is 106 Å². The maximum Gasteiger partial charge on any atom is 0.394 e. The molecular weight excluding hydrogens is 379 g/mol. The van der Waals surface area contributed by atoms with Crippen molar-refractivity contribution in [1.29, 1.82) is 0 Å². The van der Waals surface area contributed by atoms with E-state index in [9.17, 15) is 22.8 Å². The fourth-order valence-corrected chi connectivity index (χ4v) is 5.10. The van der Waals surface area contributed by atoms with Gasteiger partial charge in [0, 0.05) is 26.2 Å². The van der Waals surface area contributed by atoms with Crippen LogP contribution in [0.4, 0.5) is 18.0 Å². The Bertz CT molecular complexity index is 828. The molecule has 2 aliphatic heterocycles. The number of aromatic nitrogens is 2. The molecule has 3 heterocycles. The maximum atomic E-state index is 13.0. The lowest BCUT2D eigenvalue weighted by atomic mass is 9.34. The predicted octanol–water partition coefficient (Wildman–Crippen LogP) is 1.38. The van der Waals surface area contributed by atoms with Gasteiger partial charge >= 0.3 is 12.2 Å². The van der Waals surface area contributed by atoms with Crippen molar-refractivity contribution in [3.05, 3.63) is 11.7 Å². The monoisotopic (exact) mass is 399 g/mol. The molecule has 1 aromatic heterocycles. The molecule has 3 amide bonds. The average Bonchev–Trinajstić information content (AvgIpc) is 3.10. The van der Waals surface area contributed by atoms with Crippen LogP contribution in [0.5, 0.6) is 0 Å². The normalized spacial score (nSPS) is 34.6. The molecule has 2 bridgehead atoms. The quantitative estimate of drug-likeness (QED) is 0.827. The Morgan fingerprint density at radius 1 is 1.14 bits per heavy atom. The van der Waals surface area contributed by atoms with E-state index in [0.29, 0.717) is 44.3 Å². The zero-order valence-electron chi connectivity index (χ0n) is 15.0. The minimum atomic E-state index is -4.17. The molecule has 8 nitrogen and oxygen atoms in total. The van der Waals surface area contributed by atoms with Crippen LogP contribution < -0.4 is 5.73 Å². The number of nitrogens with two attached hydrogens (primary N) is 1. The summed E-state index contributed by atoms with van der Waals surface area (Å²) in [7, 11) is 0. The summed E-state index contributed by atoms with van der Waals surface area (Å²) in [5.74, 6) is -0.0331. The number of amides is 3. The van der Waals surface area contributed by atoms with Gasteiger partial charge < -0.3 is 20.1 Å². The Morgan fingerprint density at radius 2 is 1.82 bits per heavy atom. The van der Waals surface area contributed by atoms with E-state index in [2.05, 4.69) is 10.1 Å². The van der Waals surface area contributed by atoms with Crippen molar-refractivity contribution in [3.8, 4) is 0 Å². The molecule has 0 unspecified atom stereocenters. The van der Waals surface area contributed by atoms with Crippen molar-refractivity contribution in [2.45, 2.75) is 43.2 Å². The summed E-state index contributed by atoms with van der Waals surface area (Å²) in [5.41, 5.74) is 3.12. The van der Waals surface area contributed by atoms with Crippen molar-refractivity contribution in [2.75, 3.05) is 26.2 Å². The van der Waals surface area contributed by atoms with Crippen LogP contribution >= 0.6 is 0 Å². The highest BCUT2D eigenvalue weighted by Gasteiger charge is 2.80. The summed E-state index contributed by atoms with van der Waals surface area (Å²) in [4.78, 5) is 31.3. The van der Waals surface area contributed by atoms with Crippen LogP contribution in [0, 0.1) is 11.3 Å². The first kappa shape index (κ1) is 17.7. The molecule has 28 heavy (non-hydrogen) atoms. The highest BCUT2D eigenvalue weighted by Crippen LogP contribution is 2.78. The van der Waals surface area contributed by atoms with Gasteiger partial charge in [-0.2, -0.15) is 18.2 Å². The van der Waals surface area contributed by atoms with Gasteiger partial charge in [-0.15, -0.1) is 0 Å². The van der Waals surface area contributed by atoms with E-state index in [4.69, 9.17) is 10.3 Å². The van der Waals surface area contributed by atoms with Crippen LogP contribution in [-0.2, 0) is 10.2 Å². The Labute approximate surface area is 158 Å². The van der Waals surface area contributed by atoms with E-state index >= 15 is 0 Å². The van der Waals surface area contributed by atoms with Crippen molar-refractivity contribution in [2.24, 2.45) is 17.1 Å². The molecule has 0 aromatic carbocycles. The SMILES string of the molecule is NC(=O)[C@H]1CCN(C(=O)N2CC(c3noc(C45CC(C(F)(F)F)(C4)C5)n3)C2)C1. The number of primary amides is 1. The lowest BCUT2D eigenvalue weighted by molar-refractivity contribution is -0.341. The van der Waals surface area contributed by atoms with E-state index in [0.717, 1.165) is 0 Å². The van der Waals surface area contributed by atoms with Gasteiger partial charge in [0.25, 0.3) is 0 Å². The zero-order chi connectivity index (χ0) is 19.9. The van der Waals surface area contributed by atoms with Gasteiger partial charge in [0.2, 0.25) is 11.8 Å². The number of alkyl halides is 3. The van der Waals surface area contributed by atoms with Gasteiger partial charge in [-0.25, -0.2) is 4.79 Å². The lowest BCUT2D eigenvalue weighted by Crippen LogP contribution is -2.70. The molecule has 5 fully saturated rings. The molecule has 6 rings (SSSR count). The summed E-state index contributed by atoms with van der Waals surface area (Å²) >= 11 is 0. The first-order valence-corrected chi connectivity index (χ1v) is 9.37. The zero-order valence-corrected chi connectivity index (χ0v) is 15.0. The second kappa shape index (κ2) is 5.38. The molecule has 1 atom stereocenters. The number of hydrogen-bond acceptors (Lipinski definition) is 5. The van der Waals surface area contributed by atoms with Crippen molar-refractivity contribution >= 4 is 11.9 Å². The van der Waals surface area contributed by atoms with Crippen LogP contribution in [0.2, 0.25) is 0 Å². The molecule has 152 valence electrons. The van der Waals surface area contributed by atoms with Gasteiger partial charge in [0.1, 0.15) is 0 Å². The van der Waals surface area contributed by atoms with E-state index < -0.39 is 22.9 Å². The number of carbonyl (C=O) groups excluding carboxylic acids is 2. The average molecular weight is 399 g/mol. The van der Waals surface area contributed by atoms with Gasteiger partial charge in [0.15, 0.2) is 5.82 Å². The Hall–Kier alpha value is -2.33. The van der Waals surface area contributed by atoms with Crippen LogP contribution in [0.25, 0.3) is 0 Å². The fraction of sp³-hybridized carbons (Fsp3) is 0.765. The second-order valence-corrected chi connectivity index (χ2v) is 8.76. The smallest absolute Gasteiger partial charge is 0.369 e. The minimum absolute atomic E-state index is 0.0242. The first-order valence-electron chi connectivity index (χ1n) is 9.37. The van der Waals surface area contributed by atoms with E-state index in [1.807, 2.05) is 0 Å². The first-order chi connectivity index (χ1) is 13.1. The Balaban J connectivity index is 1.16. The molecule has 5 aliphatic rings. The molecular formula is C17H20F3N5O3. The second-order valence-electron chi connectivity index (χ2n) is 8.76. The number of urea groups is 1. The summed E-state index contributed by atoms with van der Waals surface area (Å²) in [6.45, 7) is 1.69. The Morgan fingerprint density at radius 3 is 2.39 bits per heavy atom. The van der Waals surface area contributed by atoms with E-state index in [1.165, 1.54) is 0 Å². The standard InChI is InChI=1S/C17H20F3N5O3/c18-17(19,20)16-6-15(7-16,8-16)13-22-12(23-28-13)10-4-25(5-10)14(27)24-2-1-9(3-24)11(21)26/h9-10H,1-8H2,(H2,21,26)/t9-,15?,16?/m0/s1. The molecule has 0 radical (unpaired) electrons. The highest BCUT2D eigenvalue weighted by molar-refractivity contribution is 5.80. The molecule has 0 spiro atoms. The summed E-state index contributed by atoms with van der Waals surface area (Å²) < 4.78 is 44.2. The third-order valence-corrected chi connectivity index (χ3v) is 6.91.